The molecule has 3 heterocycles. The van der Waals surface area contributed by atoms with Gasteiger partial charge in [0.25, 0.3) is 0 Å². The summed E-state index contributed by atoms with van der Waals surface area (Å²) >= 11 is 0. The average molecular weight is 336 g/mol. The third-order valence-electron chi connectivity index (χ3n) is 4.56. The minimum absolute atomic E-state index is 0.0936. The number of aromatic nitrogens is 3. The highest BCUT2D eigenvalue weighted by Crippen LogP contribution is 2.34. The molecule has 1 fully saturated rings. The van der Waals surface area contributed by atoms with E-state index in [0.717, 1.165) is 29.5 Å². The van der Waals surface area contributed by atoms with E-state index in [-0.39, 0.29) is 24.4 Å². The van der Waals surface area contributed by atoms with E-state index in [0.29, 0.717) is 18.2 Å². The number of hydrogen-bond donors (Lipinski definition) is 2. The van der Waals surface area contributed by atoms with Crippen LogP contribution in [-0.4, -0.2) is 32.7 Å². The van der Waals surface area contributed by atoms with Gasteiger partial charge in [0.2, 0.25) is 5.91 Å². The Labute approximate surface area is 143 Å². The average Bonchev–Trinajstić information content (AvgIpc) is 3.19. The van der Waals surface area contributed by atoms with Crippen molar-refractivity contribution in [3.63, 3.8) is 0 Å². The lowest BCUT2D eigenvalue weighted by Crippen LogP contribution is -2.39. The standard InChI is InChI=1S/C17H16N6O2/c18-5-3-14(10-1-2-10)21-17(25)23-9-11(8-20-23)12-4-6-19-16-13(12)7-15(24)22-16/h4,6,8-10,14H,1-3,7H2,(H,21,25)(H,19,22,24). The lowest BCUT2D eigenvalue weighted by Gasteiger charge is -2.14. The zero-order valence-corrected chi connectivity index (χ0v) is 13.4. The van der Waals surface area contributed by atoms with Crippen molar-refractivity contribution in [1.29, 1.82) is 5.26 Å². The molecule has 4 rings (SSSR count). The predicted molar refractivity (Wildman–Crippen MR) is 88.5 cm³/mol. The fourth-order valence-corrected chi connectivity index (χ4v) is 3.12. The Morgan fingerprint density at radius 2 is 2.36 bits per heavy atom. The van der Waals surface area contributed by atoms with Crippen LogP contribution in [0.3, 0.4) is 0 Å². The summed E-state index contributed by atoms with van der Waals surface area (Å²) in [5.74, 6) is 0.852. The number of rotatable bonds is 4. The van der Waals surface area contributed by atoms with E-state index in [1.165, 1.54) is 4.68 Å². The summed E-state index contributed by atoms with van der Waals surface area (Å²) < 4.78 is 1.24. The number of hydrogen-bond acceptors (Lipinski definition) is 5. The summed E-state index contributed by atoms with van der Waals surface area (Å²) in [5.41, 5.74) is 2.39. The summed E-state index contributed by atoms with van der Waals surface area (Å²) in [6, 6.07) is 3.45. The number of nitriles is 1. The van der Waals surface area contributed by atoms with Crippen LogP contribution in [-0.2, 0) is 11.2 Å². The molecule has 8 heteroatoms. The normalized spacial score (nSPS) is 16.7. The van der Waals surface area contributed by atoms with Crippen LogP contribution >= 0.6 is 0 Å². The quantitative estimate of drug-likeness (QED) is 0.882. The zero-order chi connectivity index (χ0) is 17.4. The highest BCUT2D eigenvalue weighted by molar-refractivity contribution is 6.00. The van der Waals surface area contributed by atoms with Crippen molar-refractivity contribution in [3.8, 4) is 17.2 Å². The largest absolute Gasteiger partial charge is 0.342 e. The molecule has 0 bridgehead atoms. The summed E-state index contributed by atoms with van der Waals surface area (Å²) in [5, 5.41) is 18.6. The molecule has 8 nitrogen and oxygen atoms in total. The summed E-state index contributed by atoms with van der Waals surface area (Å²) in [6.45, 7) is 0. The molecule has 1 aliphatic carbocycles. The van der Waals surface area contributed by atoms with E-state index in [4.69, 9.17) is 5.26 Å². The van der Waals surface area contributed by atoms with Crippen molar-refractivity contribution in [3.05, 3.63) is 30.2 Å². The number of carbonyl (C=O) groups is 2. The van der Waals surface area contributed by atoms with Gasteiger partial charge in [0.05, 0.1) is 25.1 Å². The van der Waals surface area contributed by atoms with Gasteiger partial charge in [-0.15, -0.1) is 0 Å². The smallest absolute Gasteiger partial charge is 0.332 e. The van der Waals surface area contributed by atoms with E-state index in [1.807, 2.05) is 0 Å². The molecule has 1 aliphatic heterocycles. The molecule has 1 unspecified atom stereocenters. The molecule has 0 spiro atoms. The first-order valence-electron chi connectivity index (χ1n) is 8.16. The molecular formula is C17H16N6O2. The number of nitrogens with zero attached hydrogens (tertiary/aromatic N) is 4. The van der Waals surface area contributed by atoms with Gasteiger partial charge in [0, 0.05) is 29.6 Å². The van der Waals surface area contributed by atoms with Crippen LogP contribution in [0.1, 0.15) is 24.8 Å². The molecule has 126 valence electrons. The van der Waals surface area contributed by atoms with Crippen LogP contribution in [0.2, 0.25) is 0 Å². The SMILES string of the molecule is N#CCC(NC(=O)n1cc(-c2ccnc3c2CC(=O)N3)cn1)C1CC1. The van der Waals surface area contributed by atoms with Gasteiger partial charge in [-0.25, -0.2) is 9.78 Å². The first-order valence-corrected chi connectivity index (χ1v) is 8.16. The van der Waals surface area contributed by atoms with Crippen molar-refractivity contribution in [2.75, 3.05) is 5.32 Å². The molecule has 1 saturated carbocycles. The number of anilines is 1. The molecule has 2 amide bonds. The lowest BCUT2D eigenvalue weighted by molar-refractivity contribution is -0.115. The number of amides is 2. The van der Waals surface area contributed by atoms with E-state index in [1.54, 1.807) is 24.7 Å². The van der Waals surface area contributed by atoms with Crippen LogP contribution in [0.25, 0.3) is 11.1 Å². The van der Waals surface area contributed by atoms with Gasteiger partial charge in [0.1, 0.15) is 5.82 Å². The Balaban J connectivity index is 1.55. The van der Waals surface area contributed by atoms with Crippen LogP contribution in [0.4, 0.5) is 10.6 Å². The maximum absolute atomic E-state index is 12.4. The molecule has 2 aliphatic rings. The van der Waals surface area contributed by atoms with Crippen LogP contribution in [0.5, 0.6) is 0 Å². The Bertz CT molecular complexity index is 893. The van der Waals surface area contributed by atoms with Crippen molar-refractivity contribution in [1.82, 2.24) is 20.1 Å². The second kappa shape index (κ2) is 6.02. The summed E-state index contributed by atoms with van der Waals surface area (Å²) in [7, 11) is 0. The van der Waals surface area contributed by atoms with Gasteiger partial charge < -0.3 is 10.6 Å². The molecule has 0 saturated heterocycles. The fourth-order valence-electron chi connectivity index (χ4n) is 3.12. The molecule has 2 aromatic heterocycles. The summed E-state index contributed by atoms with van der Waals surface area (Å²) in [4.78, 5) is 28.1. The molecule has 1 atom stereocenters. The number of carbonyl (C=O) groups excluding carboxylic acids is 2. The van der Waals surface area contributed by atoms with E-state index in [2.05, 4.69) is 26.8 Å². The van der Waals surface area contributed by atoms with Crippen molar-refractivity contribution in [2.24, 2.45) is 5.92 Å². The van der Waals surface area contributed by atoms with Gasteiger partial charge in [-0.05, 0) is 30.4 Å². The van der Waals surface area contributed by atoms with E-state index >= 15 is 0 Å². The first kappa shape index (κ1) is 15.3. The minimum atomic E-state index is -0.349. The maximum Gasteiger partial charge on any atom is 0.342 e. The van der Waals surface area contributed by atoms with Crippen LogP contribution in [0, 0.1) is 17.2 Å². The Hall–Kier alpha value is -3.21. The lowest BCUT2D eigenvalue weighted by atomic mass is 10.0. The highest BCUT2D eigenvalue weighted by Gasteiger charge is 2.32. The van der Waals surface area contributed by atoms with E-state index in [9.17, 15) is 9.59 Å². The topological polar surface area (TPSA) is 113 Å². The first-order chi connectivity index (χ1) is 12.2. The van der Waals surface area contributed by atoms with Gasteiger partial charge >= 0.3 is 6.03 Å². The minimum Gasteiger partial charge on any atom is -0.332 e. The molecular weight excluding hydrogens is 320 g/mol. The van der Waals surface area contributed by atoms with Gasteiger partial charge in [-0.2, -0.15) is 15.0 Å². The Morgan fingerprint density at radius 3 is 3.12 bits per heavy atom. The van der Waals surface area contributed by atoms with Gasteiger partial charge in [0.15, 0.2) is 0 Å². The highest BCUT2D eigenvalue weighted by atomic mass is 16.2. The van der Waals surface area contributed by atoms with Crippen LogP contribution < -0.4 is 10.6 Å². The number of fused-ring (bicyclic) bond motifs is 1. The Kier molecular flexibility index (Phi) is 3.69. The second-order valence-corrected chi connectivity index (χ2v) is 6.34. The molecule has 0 aromatic carbocycles. The predicted octanol–water partition coefficient (Wildman–Crippen LogP) is 1.69. The fraction of sp³-hybridized carbons (Fsp3) is 0.353. The van der Waals surface area contributed by atoms with Crippen molar-refractivity contribution >= 4 is 17.8 Å². The Morgan fingerprint density at radius 1 is 1.52 bits per heavy atom. The monoisotopic (exact) mass is 336 g/mol. The number of nitrogens with one attached hydrogen (secondary N) is 2. The second-order valence-electron chi connectivity index (χ2n) is 6.34. The van der Waals surface area contributed by atoms with E-state index < -0.39 is 0 Å². The summed E-state index contributed by atoms with van der Waals surface area (Å²) in [6.07, 6.45) is 7.49. The molecule has 2 aromatic rings. The van der Waals surface area contributed by atoms with Gasteiger partial charge in [-0.3, -0.25) is 4.79 Å². The van der Waals surface area contributed by atoms with Crippen LogP contribution in [0.15, 0.2) is 24.7 Å². The molecule has 25 heavy (non-hydrogen) atoms. The van der Waals surface area contributed by atoms with Crippen molar-refractivity contribution in [2.45, 2.75) is 31.7 Å². The van der Waals surface area contributed by atoms with Crippen molar-refractivity contribution < 1.29 is 9.59 Å². The molecule has 2 N–H and O–H groups in total. The third-order valence-corrected chi connectivity index (χ3v) is 4.56. The molecule has 0 radical (unpaired) electrons. The number of pyridine rings is 1. The van der Waals surface area contributed by atoms with Gasteiger partial charge in [-0.1, -0.05) is 0 Å². The zero-order valence-electron chi connectivity index (χ0n) is 13.4. The third kappa shape index (κ3) is 2.96. The maximum atomic E-state index is 12.4.